The molecule has 78 valence electrons. The summed E-state index contributed by atoms with van der Waals surface area (Å²) in [5.41, 5.74) is 0. The Balaban J connectivity index is 0. The highest BCUT2D eigenvalue weighted by Gasteiger charge is 2.15. The first-order valence-electron chi connectivity index (χ1n) is 4.09. The summed E-state index contributed by atoms with van der Waals surface area (Å²) in [6, 6.07) is 0. The van der Waals surface area contributed by atoms with Crippen molar-refractivity contribution in [2.75, 3.05) is 14.2 Å². The number of methoxy groups -OCH3 is 1. The minimum atomic E-state index is -0.251. The number of carbonyl (C=O) groups is 2. The number of rotatable bonds is 4. The van der Waals surface area contributed by atoms with Crippen LogP contribution < -0.4 is 0 Å². The number of aldehydes is 1. The molecule has 0 bridgehead atoms. The quantitative estimate of drug-likeness (QED) is 0.521. The van der Waals surface area contributed by atoms with Crippen LogP contribution in [0.2, 0.25) is 0 Å². The SMILES string of the molecule is CO.COC(=O)C(C)CC(C)C=O. The molecule has 0 spiro atoms. The zero-order valence-electron chi connectivity index (χ0n) is 8.61. The maximum atomic E-state index is 10.8. The fraction of sp³-hybridized carbons (Fsp3) is 0.778. The van der Waals surface area contributed by atoms with Gasteiger partial charge in [-0.25, -0.2) is 0 Å². The van der Waals surface area contributed by atoms with Gasteiger partial charge >= 0.3 is 5.97 Å². The van der Waals surface area contributed by atoms with Crippen LogP contribution in [0.1, 0.15) is 20.3 Å². The fourth-order valence-electron chi connectivity index (χ4n) is 0.911. The molecule has 0 rings (SSSR count). The summed E-state index contributed by atoms with van der Waals surface area (Å²) in [4.78, 5) is 21.0. The van der Waals surface area contributed by atoms with Gasteiger partial charge in [0.2, 0.25) is 0 Å². The van der Waals surface area contributed by atoms with Crippen molar-refractivity contribution in [2.45, 2.75) is 20.3 Å². The minimum Gasteiger partial charge on any atom is -0.469 e. The van der Waals surface area contributed by atoms with Crippen LogP contribution in [0, 0.1) is 11.8 Å². The molecular formula is C9H18O4. The largest absolute Gasteiger partial charge is 0.469 e. The summed E-state index contributed by atoms with van der Waals surface area (Å²) in [5, 5.41) is 7.00. The molecule has 0 aliphatic heterocycles. The molecule has 0 fully saturated rings. The molecule has 0 saturated carbocycles. The number of hydrogen-bond donors (Lipinski definition) is 1. The van der Waals surface area contributed by atoms with Crippen molar-refractivity contribution in [2.24, 2.45) is 11.8 Å². The van der Waals surface area contributed by atoms with E-state index < -0.39 is 0 Å². The Kier molecular flexibility index (Phi) is 10.3. The van der Waals surface area contributed by atoms with Gasteiger partial charge < -0.3 is 14.6 Å². The van der Waals surface area contributed by atoms with E-state index in [9.17, 15) is 9.59 Å². The topological polar surface area (TPSA) is 63.6 Å². The van der Waals surface area contributed by atoms with Gasteiger partial charge in [0.05, 0.1) is 13.0 Å². The van der Waals surface area contributed by atoms with Gasteiger partial charge in [0.15, 0.2) is 0 Å². The van der Waals surface area contributed by atoms with Crippen LogP contribution in [0.4, 0.5) is 0 Å². The van der Waals surface area contributed by atoms with Crippen LogP contribution in [0.3, 0.4) is 0 Å². The van der Waals surface area contributed by atoms with Crippen molar-refractivity contribution >= 4 is 12.3 Å². The van der Waals surface area contributed by atoms with Crippen molar-refractivity contribution in [1.29, 1.82) is 0 Å². The lowest BCUT2D eigenvalue weighted by atomic mass is 9.99. The smallest absolute Gasteiger partial charge is 0.308 e. The van der Waals surface area contributed by atoms with Crippen LogP contribution >= 0.6 is 0 Å². The predicted octanol–water partition coefficient (Wildman–Crippen LogP) is 0.629. The normalized spacial score (nSPS) is 13.3. The van der Waals surface area contributed by atoms with E-state index in [1.54, 1.807) is 13.8 Å². The van der Waals surface area contributed by atoms with Crippen molar-refractivity contribution in [1.82, 2.24) is 0 Å². The second-order valence-corrected chi connectivity index (χ2v) is 2.77. The summed E-state index contributed by atoms with van der Waals surface area (Å²) in [5.74, 6) is -0.497. The highest BCUT2D eigenvalue weighted by atomic mass is 16.5. The number of ether oxygens (including phenoxy) is 1. The highest BCUT2D eigenvalue weighted by Crippen LogP contribution is 2.10. The molecule has 0 aromatic carbocycles. The van der Waals surface area contributed by atoms with Gasteiger partial charge in [-0.2, -0.15) is 0 Å². The standard InChI is InChI=1S/C8H14O3.CH4O/c1-6(5-9)4-7(2)8(10)11-3;1-2/h5-7H,4H2,1-3H3;2H,1H3. The van der Waals surface area contributed by atoms with Gasteiger partial charge in [0.1, 0.15) is 6.29 Å². The van der Waals surface area contributed by atoms with Crippen LogP contribution in [0.5, 0.6) is 0 Å². The van der Waals surface area contributed by atoms with Gasteiger partial charge in [-0.05, 0) is 6.42 Å². The lowest BCUT2D eigenvalue weighted by Crippen LogP contribution is -2.16. The minimum absolute atomic E-state index is 0.0656. The molecule has 0 aromatic rings. The second-order valence-electron chi connectivity index (χ2n) is 2.77. The van der Waals surface area contributed by atoms with E-state index in [1.807, 2.05) is 0 Å². The maximum Gasteiger partial charge on any atom is 0.308 e. The fourth-order valence-corrected chi connectivity index (χ4v) is 0.911. The van der Waals surface area contributed by atoms with Gasteiger partial charge in [0.25, 0.3) is 0 Å². The number of aliphatic hydroxyl groups excluding tert-OH is 1. The van der Waals surface area contributed by atoms with E-state index in [4.69, 9.17) is 5.11 Å². The summed E-state index contributed by atoms with van der Waals surface area (Å²) in [6.45, 7) is 3.54. The first kappa shape index (κ1) is 14.6. The van der Waals surface area contributed by atoms with Crippen LogP contribution in [0.25, 0.3) is 0 Å². The van der Waals surface area contributed by atoms with Crippen LogP contribution in [0.15, 0.2) is 0 Å². The van der Waals surface area contributed by atoms with Gasteiger partial charge in [0, 0.05) is 13.0 Å². The molecule has 0 heterocycles. The molecular weight excluding hydrogens is 172 g/mol. The Morgan fingerprint density at radius 3 is 2.23 bits per heavy atom. The molecule has 0 aliphatic carbocycles. The molecule has 2 unspecified atom stereocenters. The molecule has 4 heteroatoms. The molecule has 13 heavy (non-hydrogen) atoms. The zero-order valence-corrected chi connectivity index (χ0v) is 8.61. The van der Waals surface area contributed by atoms with Gasteiger partial charge in [-0.3, -0.25) is 4.79 Å². The maximum absolute atomic E-state index is 10.8. The Morgan fingerprint density at radius 1 is 1.46 bits per heavy atom. The van der Waals surface area contributed by atoms with E-state index in [1.165, 1.54) is 7.11 Å². The molecule has 0 aliphatic rings. The summed E-state index contributed by atoms with van der Waals surface area (Å²) >= 11 is 0. The summed E-state index contributed by atoms with van der Waals surface area (Å²) in [7, 11) is 2.35. The van der Waals surface area contributed by atoms with Crippen molar-refractivity contribution in [3.05, 3.63) is 0 Å². The Morgan fingerprint density at radius 2 is 1.92 bits per heavy atom. The lowest BCUT2D eigenvalue weighted by molar-refractivity contribution is -0.145. The van der Waals surface area contributed by atoms with Crippen LogP contribution in [-0.4, -0.2) is 31.6 Å². The molecule has 0 aromatic heterocycles. The molecule has 0 amide bonds. The average Bonchev–Trinajstić information content (AvgIpc) is 2.19. The third-order valence-corrected chi connectivity index (χ3v) is 1.56. The Bertz CT molecular complexity index is 145. The Labute approximate surface area is 78.9 Å². The molecule has 2 atom stereocenters. The zero-order chi connectivity index (χ0) is 10.9. The Hall–Kier alpha value is -0.900. The molecule has 0 radical (unpaired) electrons. The second kappa shape index (κ2) is 9.19. The van der Waals surface area contributed by atoms with Crippen LogP contribution in [-0.2, 0) is 14.3 Å². The number of hydrogen-bond acceptors (Lipinski definition) is 4. The summed E-state index contributed by atoms with van der Waals surface area (Å²) in [6.07, 6.45) is 1.41. The first-order chi connectivity index (χ1) is 6.11. The number of esters is 1. The van der Waals surface area contributed by atoms with E-state index in [2.05, 4.69) is 4.74 Å². The monoisotopic (exact) mass is 190 g/mol. The third kappa shape index (κ3) is 7.46. The summed E-state index contributed by atoms with van der Waals surface area (Å²) < 4.78 is 4.50. The van der Waals surface area contributed by atoms with E-state index >= 15 is 0 Å². The van der Waals surface area contributed by atoms with Crippen molar-refractivity contribution < 1.29 is 19.4 Å². The molecule has 4 nitrogen and oxygen atoms in total. The highest BCUT2D eigenvalue weighted by molar-refractivity contribution is 5.72. The number of aliphatic hydroxyl groups is 1. The predicted molar refractivity (Wildman–Crippen MR) is 49.2 cm³/mol. The molecule has 0 saturated heterocycles. The lowest BCUT2D eigenvalue weighted by Gasteiger charge is -2.09. The average molecular weight is 190 g/mol. The van der Waals surface area contributed by atoms with Crippen molar-refractivity contribution in [3.8, 4) is 0 Å². The molecule has 1 N–H and O–H groups in total. The first-order valence-corrected chi connectivity index (χ1v) is 4.09. The van der Waals surface area contributed by atoms with E-state index in [0.29, 0.717) is 6.42 Å². The van der Waals surface area contributed by atoms with E-state index in [-0.39, 0.29) is 17.8 Å². The van der Waals surface area contributed by atoms with Crippen molar-refractivity contribution in [3.63, 3.8) is 0 Å². The third-order valence-electron chi connectivity index (χ3n) is 1.56. The van der Waals surface area contributed by atoms with Gasteiger partial charge in [-0.1, -0.05) is 13.8 Å². The van der Waals surface area contributed by atoms with E-state index in [0.717, 1.165) is 13.4 Å². The number of carbonyl (C=O) groups excluding carboxylic acids is 2. The van der Waals surface area contributed by atoms with Gasteiger partial charge in [-0.15, -0.1) is 0 Å².